The first-order valence-corrected chi connectivity index (χ1v) is 10.8. The van der Waals surface area contributed by atoms with Gasteiger partial charge in [0.1, 0.15) is 11.3 Å². The lowest BCUT2D eigenvalue weighted by Crippen LogP contribution is -2.49. The van der Waals surface area contributed by atoms with Gasteiger partial charge in [-0.15, -0.1) is 0 Å². The fraction of sp³-hybridized carbons (Fsp3) is 0.455. The van der Waals surface area contributed by atoms with Crippen molar-refractivity contribution >= 4 is 23.1 Å². The van der Waals surface area contributed by atoms with E-state index in [0.29, 0.717) is 23.6 Å². The molecule has 0 spiro atoms. The molecule has 0 aliphatic carbocycles. The summed E-state index contributed by atoms with van der Waals surface area (Å²) in [5, 5.41) is 6.68. The molecule has 0 radical (unpaired) electrons. The highest BCUT2D eigenvalue weighted by Crippen LogP contribution is 2.24. The first-order chi connectivity index (χ1) is 15.9. The summed E-state index contributed by atoms with van der Waals surface area (Å²) in [7, 11) is 5.03. The van der Waals surface area contributed by atoms with Gasteiger partial charge in [-0.05, 0) is 25.6 Å². The molecule has 1 saturated heterocycles. The van der Waals surface area contributed by atoms with Crippen LogP contribution in [-0.4, -0.2) is 82.6 Å². The SMILES string of the molecule is COC(=O)Nc1nc2cnn(Cc3ccc(CN4CCN(C)[C@H](C)C4)cc3OC)c2c(=O)[nH]1. The summed E-state index contributed by atoms with van der Waals surface area (Å²) in [6.45, 7) is 6.57. The van der Waals surface area contributed by atoms with Crippen LogP contribution in [0.5, 0.6) is 5.75 Å². The number of aromatic amines is 1. The third kappa shape index (κ3) is 4.99. The molecule has 0 saturated carbocycles. The number of methoxy groups -OCH3 is 2. The number of carbonyl (C=O) groups excluding carboxylic acids is 1. The smallest absolute Gasteiger partial charge is 0.413 e. The minimum Gasteiger partial charge on any atom is -0.496 e. The number of nitrogens with zero attached hydrogens (tertiary/aromatic N) is 5. The minimum absolute atomic E-state index is 0.000872. The van der Waals surface area contributed by atoms with Crippen LogP contribution in [-0.2, 0) is 17.8 Å². The molecule has 33 heavy (non-hydrogen) atoms. The number of fused-ring (bicyclic) bond motifs is 1. The van der Waals surface area contributed by atoms with Gasteiger partial charge >= 0.3 is 6.09 Å². The summed E-state index contributed by atoms with van der Waals surface area (Å²) in [4.78, 5) is 35.6. The maximum atomic E-state index is 12.6. The predicted octanol–water partition coefficient (Wildman–Crippen LogP) is 1.49. The predicted molar refractivity (Wildman–Crippen MR) is 124 cm³/mol. The highest BCUT2D eigenvalue weighted by atomic mass is 16.5. The van der Waals surface area contributed by atoms with E-state index in [1.807, 2.05) is 12.1 Å². The summed E-state index contributed by atoms with van der Waals surface area (Å²) in [5.41, 5.74) is 2.33. The molecule has 1 atom stereocenters. The van der Waals surface area contributed by atoms with Crippen LogP contribution in [0.25, 0.3) is 11.0 Å². The van der Waals surface area contributed by atoms with Crippen molar-refractivity contribution in [1.29, 1.82) is 0 Å². The van der Waals surface area contributed by atoms with Crippen LogP contribution in [0.4, 0.5) is 10.7 Å². The Morgan fingerprint density at radius 1 is 1.27 bits per heavy atom. The number of likely N-dealkylation sites (N-methyl/N-ethyl adjacent to an activating group) is 1. The lowest BCUT2D eigenvalue weighted by atomic mass is 10.1. The molecule has 0 unspecified atom stereocenters. The Kier molecular flexibility index (Phi) is 6.61. The van der Waals surface area contributed by atoms with Gasteiger partial charge in [-0.25, -0.2) is 9.78 Å². The summed E-state index contributed by atoms with van der Waals surface area (Å²) >= 11 is 0. The van der Waals surface area contributed by atoms with Gasteiger partial charge in [0.2, 0.25) is 5.95 Å². The molecule has 1 aromatic carbocycles. The maximum Gasteiger partial charge on any atom is 0.413 e. The normalized spacial score (nSPS) is 17.3. The molecule has 1 aliphatic rings. The molecule has 2 N–H and O–H groups in total. The van der Waals surface area contributed by atoms with Crippen LogP contribution in [0.15, 0.2) is 29.2 Å². The number of aromatic nitrogens is 4. The molecule has 3 aromatic rings. The van der Waals surface area contributed by atoms with E-state index in [2.05, 4.69) is 55.0 Å². The second-order valence-corrected chi connectivity index (χ2v) is 8.28. The van der Waals surface area contributed by atoms with Gasteiger partial charge in [-0.1, -0.05) is 12.1 Å². The van der Waals surface area contributed by atoms with Crippen LogP contribution in [0.2, 0.25) is 0 Å². The maximum absolute atomic E-state index is 12.6. The number of hydrogen-bond donors (Lipinski definition) is 2. The van der Waals surface area contributed by atoms with Crippen LogP contribution in [0.3, 0.4) is 0 Å². The Morgan fingerprint density at radius 3 is 2.82 bits per heavy atom. The molecule has 11 heteroatoms. The third-order valence-electron chi connectivity index (χ3n) is 6.03. The zero-order valence-corrected chi connectivity index (χ0v) is 19.3. The lowest BCUT2D eigenvalue weighted by molar-refractivity contribution is 0.0999. The fourth-order valence-corrected chi connectivity index (χ4v) is 4.04. The van der Waals surface area contributed by atoms with Crippen molar-refractivity contribution in [2.45, 2.75) is 26.1 Å². The molecule has 2 aromatic heterocycles. The number of nitrogens with one attached hydrogen (secondary N) is 2. The van der Waals surface area contributed by atoms with Gasteiger partial charge in [0.25, 0.3) is 5.56 Å². The van der Waals surface area contributed by atoms with Gasteiger partial charge in [-0.3, -0.25) is 24.7 Å². The number of anilines is 1. The second kappa shape index (κ2) is 9.59. The average molecular weight is 456 g/mol. The van der Waals surface area contributed by atoms with E-state index < -0.39 is 11.7 Å². The van der Waals surface area contributed by atoms with Crippen molar-refractivity contribution in [2.24, 2.45) is 0 Å². The molecule has 3 heterocycles. The van der Waals surface area contributed by atoms with E-state index in [9.17, 15) is 9.59 Å². The van der Waals surface area contributed by atoms with E-state index in [1.54, 1.807) is 11.8 Å². The number of amides is 1. The monoisotopic (exact) mass is 455 g/mol. The zero-order valence-electron chi connectivity index (χ0n) is 19.3. The van der Waals surface area contributed by atoms with Crippen LogP contribution < -0.4 is 15.6 Å². The van der Waals surface area contributed by atoms with E-state index in [0.717, 1.165) is 37.5 Å². The number of rotatable bonds is 6. The largest absolute Gasteiger partial charge is 0.496 e. The summed E-state index contributed by atoms with van der Waals surface area (Å²) < 4.78 is 11.8. The second-order valence-electron chi connectivity index (χ2n) is 8.28. The molecule has 176 valence electrons. The lowest BCUT2D eigenvalue weighted by Gasteiger charge is -2.37. The molecule has 4 rings (SSSR count). The molecule has 1 fully saturated rings. The van der Waals surface area contributed by atoms with Crippen molar-refractivity contribution in [2.75, 3.05) is 46.2 Å². The van der Waals surface area contributed by atoms with Crippen molar-refractivity contribution < 1.29 is 14.3 Å². The number of ether oxygens (including phenoxy) is 2. The number of piperazine rings is 1. The van der Waals surface area contributed by atoms with Gasteiger partial charge in [0.05, 0.1) is 27.0 Å². The van der Waals surface area contributed by atoms with E-state index in [4.69, 9.17) is 4.74 Å². The number of carbonyl (C=O) groups is 1. The summed E-state index contributed by atoms with van der Waals surface area (Å²) in [6, 6.07) is 6.68. The Bertz CT molecular complexity index is 1210. The van der Waals surface area contributed by atoms with E-state index in [1.165, 1.54) is 18.9 Å². The Hall–Kier alpha value is -3.44. The standard InChI is InChI=1S/C22H29N7O4/c1-14-11-28(8-7-27(14)2)12-15-5-6-16(18(9-15)32-3)13-29-19-17(10-23-29)24-21(25-20(19)30)26-22(31)33-4/h5-6,9-10,14H,7-8,11-13H2,1-4H3,(H2,24,25,26,30,31)/t14-/m1/s1. The first-order valence-electron chi connectivity index (χ1n) is 10.8. The summed E-state index contributed by atoms with van der Waals surface area (Å²) in [6.07, 6.45) is 0.767. The van der Waals surface area contributed by atoms with Gasteiger partial charge in [0, 0.05) is 37.8 Å². The minimum atomic E-state index is -0.722. The van der Waals surface area contributed by atoms with Crippen molar-refractivity contribution in [3.8, 4) is 5.75 Å². The van der Waals surface area contributed by atoms with Gasteiger partial charge < -0.3 is 14.4 Å². The zero-order chi connectivity index (χ0) is 23.5. The first kappa shape index (κ1) is 22.7. The highest BCUT2D eigenvalue weighted by Gasteiger charge is 2.21. The van der Waals surface area contributed by atoms with E-state index in [-0.39, 0.29) is 5.95 Å². The van der Waals surface area contributed by atoms with Crippen molar-refractivity contribution in [1.82, 2.24) is 29.5 Å². The topological polar surface area (TPSA) is 118 Å². The average Bonchev–Trinajstić information content (AvgIpc) is 3.20. The Balaban J connectivity index is 1.54. The quantitative estimate of drug-likeness (QED) is 0.574. The molecule has 11 nitrogen and oxygen atoms in total. The van der Waals surface area contributed by atoms with Gasteiger partial charge in [-0.2, -0.15) is 5.10 Å². The Morgan fingerprint density at radius 2 is 2.09 bits per heavy atom. The van der Waals surface area contributed by atoms with Gasteiger partial charge in [0.15, 0.2) is 5.52 Å². The van der Waals surface area contributed by atoms with Crippen molar-refractivity contribution in [3.63, 3.8) is 0 Å². The fourth-order valence-electron chi connectivity index (χ4n) is 4.04. The molecule has 0 bridgehead atoms. The van der Waals surface area contributed by atoms with Crippen LogP contribution in [0, 0.1) is 0 Å². The number of hydrogen-bond acceptors (Lipinski definition) is 8. The van der Waals surface area contributed by atoms with Crippen LogP contribution >= 0.6 is 0 Å². The number of benzene rings is 1. The third-order valence-corrected chi connectivity index (χ3v) is 6.03. The van der Waals surface area contributed by atoms with Crippen LogP contribution in [0.1, 0.15) is 18.1 Å². The Labute approximate surface area is 191 Å². The summed E-state index contributed by atoms with van der Waals surface area (Å²) in [5.74, 6) is 0.741. The molecule has 1 aliphatic heterocycles. The van der Waals surface area contributed by atoms with E-state index >= 15 is 0 Å². The number of H-pyrrole nitrogens is 1. The highest BCUT2D eigenvalue weighted by molar-refractivity contribution is 5.84. The molecular formula is C22H29N7O4. The molecular weight excluding hydrogens is 426 g/mol. The van der Waals surface area contributed by atoms with Crippen molar-refractivity contribution in [3.05, 3.63) is 45.9 Å². The molecule has 1 amide bonds.